The van der Waals surface area contributed by atoms with Crippen molar-refractivity contribution in [2.24, 2.45) is 5.84 Å². The second-order valence-corrected chi connectivity index (χ2v) is 6.37. The number of amides is 1. The van der Waals surface area contributed by atoms with E-state index in [1.165, 1.54) is 0 Å². The van der Waals surface area contributed by atoms with Crippen molar-refractivity contribution in [1.29, 1.82) is 0 Å². The van der Waals surface area contributed by atoms with Crippen LogP contribution in [0, 0.1) is 0 Å². The highest BCUT2D eigenvalue weighted by Gasteiger charge is 2.23. The van der Waals surface area contributed by atoms with E-state index in [9.17, 15) is 9.59 Å². The maximum atomic E-state index is 11.5. The molecule has 0 aromatic heterocycles. The van der Waals surface area contributed by atoms with Crippen LogP contribution < -0.4 is 16.6 Å². The molecule has 0 aliphatic carbocycles. The Labute approximate surface area is 121 Å². The molecular formula is C14H29N3O3. The summed E-state index contributed by atoms with van der Waals surface area (Å²) in [5.41, 5.74) is 1.64. The summed E-state index contributed by atoms with van der Waals surface area (Å²) in [7, 11) is 0. The second kappa shape index (κ2) is 8.34. The normalized spacial score (nSPS) is 12.3. The Morgan fingerprint density at radius 3 is 2.25 bits per heavy atom. The van der Waals surface area contributed by atoms with Gasteiger partial charge >= 0.3 is 0 Å². The summed E-state index contributed by atoms with van der Waals surface area (Å²) in [6.45, 7) is 10.0. The van der Waals surface area contributed by atoms with Crippen molar-refractivity contribution >= 4 is 11.7 Å². The minimum absolute atomic E-state index is 0.0917. The Kier molecular flexibility index (Phi) is 7.93. The fraction of sp³-hybridized carbons (Fsp3) is 0.857. The van der Waals surface area contributed by atoms with Crippen LogP contribution in [0.15, 0.2) is 0 Å². The lowest BCUT2D eigenvalue weighted by molar-refractivity contribution is -0.122. The molecule has 1 amide bonds. The van der Waals surface area contributed by atoms with E-state index in [4.69, 9.17) is 10.6 Å². The van der Waals surface area contributed by atoms with Crippen LogP contribution in [0.3, 0.4) is 0 Å². The molecule has 0 radical (unpaired) electrons. The first-order valence-electron chi connectivity index (χ1n) is 6.96. The smallest absolute Gasteiger partial charge is 0.235 e. The van der Waals surface area contributed by atoms with E-state index in [2.05, 4.69) is 10.7 Å². The number of ether oxygens (including phenoxy) is 1. The third kappa shape index (κ3) is 9.89. The van der Waals surface area contributed by atoms with Gasteiger partial charge in [0.1, 0.15) is 5.78 Å². The van der Waals surface area contributed by atoms with E-state index in [1.54, 1.807) is 6.92 Å². The molecule has 0 aliphatic rings. The molecule has 6 nitrogen and oxygen atoms in total. The Balaban J connectivity index is 4.07. The number of nitrogens with two attached hydrogens (primary N) is 1. The van der Waals surface area contributed by atoms with E-state index in [0.29, 0.717) is 25.9 Å². The number of rotatable bonds is 10. The zero-order valence-corrected chi connectivity index (χ0v) is 13.3. The van der Waals surface area contributed by atoms with Gasteiger partial charge in [-0.25, -0.2) is 0 Å². The van der Waals surface area contributed by atoms with Gasteiger partial charge in [-0.05, 0) is 47.5 Å². The van der Waals surface area contributed by atoms with Crippen LogP contribution in [0.4, 0.5) is 0 Å². The van der Waals surface area contributed by atoms with E-state index in [0.717, 1.165) is 0 Å². The van der Waals surface area contributed by atoms with Gasteiger partial charge in [-0.3, -0.25) is 16.1 Å². The summed E-state index contributed by atoms with van der Waals surface area (Å²) in [5.74, 6) is 5.13. The van der Waals surface area contributed by atoms with Crippen molar-refractivity contribution < 1.29 is 14.3 Å². The number of ketones is 1. The SMILES string of the molecule is CC(=O)CCC(C)(C)OCCC(C)(C)NC(=O)CNN. The fourth-order valence-electron chi connectivity index (χ4n) is 1.71. The van der Waals surface area contributed by atoms with Gasteiger partial charge in [-0.15, -0.1) is 0 Å². The molecule has 118 valence electrons. The summed E-state index contributed by atoms with van der Waals surface area (Å²) < 4.78 is 5.81. The summed E-state index contributed by atoms with van der Waals surface area (Å²) in [6.07, 6.45) is 1.91. The number of Topliss-reactive ketones (excluding diaryl/α,β-unsaturated/α-hetero) is 1. The molecular weight excluding hydrogens is 258 g/mol. The molecule has 0 heterocycles. The standard InChI is InChI=1S/C14H29N3O3/c1-11(18)6-7-14(4,5)20-9-8-13(2,3)17-12(19)10-16-15/h16H,6-10,15H2,1-5H3,(H,17,19). The maximum absolute atomic E-state index is 11.5. The lowest BCUT2D eigenvalue weighted by Gasteiger charge is -2.30. The number of carbonyl (C=O) groups is 2. The average molecular weight is 287 g/mol. The molecule has 0 bridgehead atoms. The summed E-state index contributed by atoms with van der Waals surface area (Å²) in [5, 5.41) is 2.88. The molecule has 0 aromatic rings. The summed E-state index contributed by atoms with van der Waals surface area (Å²) in [4.78, 5) is 22.5. The van der Waals surface area contributed by atoms with Gasteiger partial charge in [0.2, 0.25) is 5.91 Å². The molecule has 0 aromatic carbocycles. The van der Waals surface area contributed by atoms with Crippen LogP contribution in [0.25, 0.3) is 0 Å². The highest BCUT2D eigenvalue weighted by atomic mass is 16.5. The fourth-order valence-corrected chi connectivity index (χ4v) is 1.71. The predicted octanol–water partition coefficient (Wildman–Crippen LogP) is 0.899. The Hall–Kier alpha value is -0.980. The van der Waals surface area contributed by atoms with Crippen molar-refractivity contribution in [2.75, 3.05) is 13.2 Å². The number of hydrogen-bond acceptors (Lipinski definition) is 5. The zero-order chi connectivity index (χ0) is 15.8. The van der Waals surface area contributed by atoms with Gasteiger partial charge in [0.15, 0.2) is 0 Å². The first kappa shape index (κ1) is 19.0. The van der Waals surface area contributed by atoms with E-state index < -0.39 is 0 Å². The van der Waals surface area contributed by atoms with E-state index in [1.807, 2.05) is 27.7 Å². The highest BCUT2D eigenvalue weighted by molar-refractivity contribution is 5.78. The highest BCUT2D eigenvalue weighted by Crippen LogP contribution is 2.19. The first-order chi connectivity index (χ1) is 9.08. The molecule has 0 fully saturated rings. The van der Waals surface area contributed by atoms with Crippen LogP contribution >= 0.6 is 0 Å². The molecule has 0 unspecified atom stereocenters. The van der Waals surface area contributed by atoms with Crippen molar-refractivity contribution in [3.63, 3.8) is 0 Å². The van der Waals surface area contributed by atoms with Gasteiger partial charge in [-0.1, -0.05) is 0 Å². The van der Waals surface area contributed by atoms with Crippen LogP contribution in [0.2, 0.25) is 0 Å². The lowest BCUT2D eigenvalue weighted by Crippen LogP contribution is -2.48. The quantitative estimate of drug-likeness (QED) is 0.410. The summed E-state index contributed by atoms with van der Waals surface area (Å²) >= 11 is 0. The Morgan fingerprint density at radius 2 is 1.75 bits per heavy atom. The topological polar surface area (TPSA) is 93.4 Å². The molecule has 0 spiro atoms. The van der Waals surface area contributed by atoms with Gasteiger partial charge in [0.05, 0.1) is 12.1 Å². The third-order valence-corrected chi connectivity index (χ3v) is 3.04. The molecule has 0 aliphatic heterocycles. The van der Waals surface area contributed by atoms with Crippen molar-refractivity contribution in [1.82, 2.24) is 10.7 Å². The molecule has 0 rings (SSSR count). The minimum Gasteiger partial charge on any atom is -0.375 e. The molecule has 20 heavy (non-hydrogen) atoms. The Morgan fingerprint density at radius 1 is 1.15 bits per heavy atom. The molecule has 0 saturated carbocycles. The van der Waals surface area contributed by atoms with Gasteiger partial charge in [-0.2, -0.15) is 0 Å². The van der Waals surface area contributed by atoms with Gasteiger partial charge in [0, 0.05) is 18.6 Å². The average Bonchev–Trinajstić information content (AvgIpc) is 2.25. The monoisotopic (exact) mass is 287 g/mol. The van der Waals surface area contributed by atoms with Gasteiger partial charge < -0.3 is 14.8 Å². The van der Waals surface area contributed by atoms with E-state index in [-0.39, 0.29) is 29.4 Å². The number of hydrazine groups is 1. The third-order valence-electron chi connectivity index (χ3n) is 3.04. The molecule has 0 atom stereocenters. The van der Waals surface area contributed by atoms with Crippen molar-refractivity contribution in [2.45, 2.75) is 65.0 Å². The maximum Gasteiger partial charge on any atom is 0.235 e. The zero-order valence-electron chi connectivity index (χ0n) is 13.3. The van der Waals surface area contributed by atoms with Crippen molar-refractivity contribution in [3.05, 3.63) is 0 Å². The second-order valence-electron chi connectivity index (χ2n) is 6.37. The number of carbonyl (C=O) groups excluding carboxylic acids is 2. The van der Waals surface area contributed by atoms with Crippen molar-refractivity contribution in [3.8, 4) is 0 Å². The summed E-state index contributed by atoms with van der Waals surface area (Å²) in [6, 6.07) is 0. The predicted molar refractivity (Wildman–Crippen MR) is 79.0 cm³/mol. The first-order valence-corrected chi connectivity index (χ1v) is 6.96. The number of hydrogen-bond donors (Lipinski definition) is 3. The van der Waals surface area contributed by atoms with E-state index >= 15 is 0 Å². The molecule has 0 saturated heterocycles. The van der Waals surface area contributed by atoms with Crippen LogP contribution in [-0.4, -0.2) is 36.0 Å². The minimum atomic E-state index is -0.357. The molecule has 6 heteroatoms. The van der Waals surface area contributed by atoms with Crippen LogP contribution in [-0.2, 0) is 14.3 Å². The molecule has 4 N–H and O–H groups in total. The Bertz CT molecular complexity index is 328. The lowest BCUT2D eigenvalue weighted by atomic mass is 9.99. The van der Waals surface area contributed by atoms with Crippen LogP contribution in [0.1, 0.15) is 53.9 Å². The van der Waals surface area contributed by atoms with Crippen LogP contribution in [0.5, 0.6) is 0 Å². The largest absolute Gasteiger partial charge is 0.375 e. The van der Waals surface area contributed by atoms with Gasteiger partial charge in [0.25, 0.3) is 0 Å². The number of nitrogens with one attached hydrogen (secondary N) is 2.